The molecule has 16 heavy (non-hydrogen) atoms. The van der Waals surface area contributed by atoms with Crippen LogP contribution < -0.4 is 5.32 Å². The Bertz CT molecular complexity index is 362. The van der Waals surface area contributed by atoms with Crippen molar-refractivity contribution in [1.29, 1.82) is 0 Å². The molecule has 0 saturated heterocycles. The summed E-state index contributed by atoms with van der Waals surface area (Å²) < 4.78 is 1.73. The van der Waals surface area contributed by atoms with E-state index in [0.717, 1.165) is 13.0 Å². The molecule has 1 aromatic heterocycles. The normalized spacial score (nSPS) is 12.1. The number of amides is 1. The Morgan fingerprint density at radius 1 is 1.75 bits per heavy atom. The van der Waals surface area contributed by atoms with Crippen molar-refractivity contribution < 1.29 is 14.7 Å². The maximum absolute atomic E-state index is 10.6. The van der Waals surface area contributed by atoms with Crippen LogP contribution in [-0.4, -0.2) is 27.3 Å². The van der Waals surface area contributed by atoms with Crippen molar-refractivity contribution in [2.75, 3.05) is 0 Å². The molecule has 1 heterocycles. The van der Waals surface area contributed by atoms with Crippen molar-refractivity contribution in [3.8, 4) is 0 Å². The minimum atomic E-state index is -0.956. The maximum Gasteiger partial charge on any atom is 0.305 e. The summed E-state index contributed by atoms with van der Waals surface area (Å²) in [7, 11) is 0. The summed E-state index contributed by atoms with van der Waals surface area (Å²) in [5, 5.41) is 15.3. The Morgan fingerprint density at radius 2 is 2.50 bits per heavy atom. The molecule has 6 nitrogen and oxygen atoms in total. The summed E-state index contributed by atoms with van der Waals surface area (Å²) in [6.07, 6.45) is 4.65. The van der Waals surface area contributed by atoms with E-state index in [9.17, 15) is 9.59 Å². The Kier molecular flexibility index (Phi) is 4.50. The number of aliphatic carboxylic acids is 1. The molecule has 2 N–H and O–H groups in total. The third-order valence-electron chi connectivity index (χ3n) is 2.16. The molecule has 0 aliphatic heterocycles. The number of nitrogens with one attached hydrogen (secondary N) is 1. The van der Waals surface area contributed by atoms with Gasteiger partial charge in [0, 0.05) is 18.3 Å². The Hall–Kier alpha value is -1.85. The minimum absolute atomic E-state index is 0.142. The second-order valence-electron chi connectivity index (χ2n) is 3.47. The zero-order valence-electron chi connectivity index (χ0n) is 9.09. The quantitative estimate of drug-likeness (QED) is 0.664. The number of carboxylic acid groups (broad SMARTS) is 1. The number of hydrogen-bond acceptors (Lipinski definition) is 3. The van der Waals surface area contributed by atoms with E-state index in [4.69, 9.17) is 5.11 Å². The molecule has 0 bridgehead atoms. The lowest BCUT2D eigenvalue weighted by molar-refractivity contribution is -0.137. The fraction of sp³-hybridized carbons (Fsp3) is 0.500. The number of carbonyl (C=O) groups excluding carboxylic acids is 1. The topological polar surface area (TPSA) is 84.2 Å². The van der Waals surface area contributed by atoms with Crippen LogP contribution in [0.4, 0.5) is 0 Å². The van der Waals surface area contributed by atoms with Crippen LogP contribution in [0.1, 0.15) is 31.4 Å². The van der Waals surface area contributed by atoms with Crippen molar-refractivity contribution in [3.05, 3.63) is 18.0 Å². The van der Waals surface area contributed by atoms with Gasteiger partial charge in [0.2, 0.25) is 6.41 Å². The van der Waals surface area contributed by atoms with Crippen LogP contribution in [0.5, 0.6) is 0 Å². The van der Waals surface area contributed by atoms with Gasteiger partial charge in [0.05, 0.1) is 18.7 Å². The average Bonchev–Trinajstić information content (AvgIpc) is 2.66. The third-order valence-corrected chi connectivity index (χ3v) is 2.16. The van der Waals surface area contributed by atoms with Gasteiger partial charge in [-0.15, -0.1) is 0 Å². The molecule has 1 rings (SSSR count). The van der Waals surface area contributed by atoms with Crippen molar-refractivity contribution in [2.45, 2.75) is 32.4 Å². The van der Waals surface area contributed by atoms with E-state index in [1.807, 2.05) is 6.92 Å². The highest BCUT2D eigenvalue weighted by Crippen LogP contribution is 2.15. The van der Waals surface area contributed by atoms with Crippen LogP contribution in [0.15, 0.2) is 12.4 Å². The van der Waals surface area contributed by atoms with Gasteiger partial charge in [0.15, 0.2) is 0 Å². The molecule has 0 radical (unpaired) electrons. The van der Waals surface area contributed by atoms with Crippen LogP contribution >= 0.6 is 0 Å². The van der Waals surface area contributed by atoms with Gasteiger partial charge in [0.1, 0.15) is 0 Å². The number of carbonyl (C=O) groups is 2. The zero-order chi connectivity index (χ0) is 12.0. The lowest BCUT2D eigenvalue weighted by Crippen LogP contribution is -2.22. The molecule has 0 aromatic carbocycles. The van der Waals surface area contributed by atoms with Gasteiger partial charge in [-0.3, -0.25) is 14.3 Å². The number of aryl methyl sites for hydroxylation is 1. The number of aromatic nitrogens is 2. The first-order valence-corrected chi connectivity index (χ1v) is 5.11. The highest BCUT2D eigenvalue weighted by Gasteiger charge is 2.16. The largest absolute Gasteiger partial charge is 0.481 e. The average molecular weight is 225 g/mol. The summed E-state index contributed by atoms with van der Waals surface area (Å²) >= 11 is 0. The molecular weight excluding hydrogens is 210 g/mol. The van der Waals surface area contributed by atoms with Crippen molar-refractivity contribution in [3.63, 3.8) is 0 Å². The molecule has 1 unspecified atom stereocenters. The molecule has 0 aliphatic carbocycles. The van der Waals surface area contributed by atoms with E-state index in [0.29, 0.717) is 12.0 Å². The van der Waals surface area contributed by atoms with E-state index in [1.54, 1.807) is 17.1 Å². The smallest absolute Gasteiger partial charge is 0.305 e. The van der Waals surface area contributed by atoms with E-state index >= 15 is 0 Å². The van der Waals surface area contributed by atoms with Crippen LogP contribution in [0, 0.1) is 0 Å². The standard InChI is InChI=1S/C10H15N3O3/c1-2-3-13-6-8(5-12-13)9(11-7-14)4-10(15)16/h5-7,9H,2-4H2,1H3,(H,11,14)(H,15,16). The van der Waals surface area contributed by atoms with Gasteiger partial charge in [-0.05, 0) is 6.42 Å². The summed E-state index contributed by atoms with van der Waals surface area (Å²) in [5.41, 5.74) is 0.711. The Morgan fingerprint density at radius 3 is 3.06 bits per heavy atom. The van der Waals surface area contributed by atoms with Crippen LogP contribution in [0.3, 0.4) is 0 Å². The molecule has 1 atom stereocenters. The summed E-state index contributed by atoms with van der Waals surface area (Å²) in [4.78, 5) is 21.0. The first-order chi connectivity index (χ1) is 7.67. The first kappa shape index (κ1) is 12.2. The molecule has 0 aliphatic rings. The van der Waals surface area contributed by atoms with Gasteiger partial charge in [-0.25, -0.2) is 0 Å². The predicted molar refractivity (Wildman–Crippen MR) is 56.7 cm³/mol. The van der Waals surface area contributed by atoms with Gasteiger partial charge < -0.3 is 10.4 Å². The Labute approximate surface area is 93.3 Å². The third kappa shape index (κ3) is 3.38. The van der Waals surface area contributed by atoms with Crippen LogP contribution in [0.25, 0.3) is 0 Å². The van der Waals surface area contributed by atoms with Crippen LogP contribution in [-0.2, 0) is 16.1 Å². The molecule has 0 fully saturated rings. The monoisotopic (exact) mass is 225 g/mol. The fourth-order valence-electron chi connectivity index (χ4n) is 1.44. The fourth-order valence-corrected chi connectivity index (χ4v) is 1.44. The zero-order valence-corrected chi connectivity index (χ0v) is 9.09. The van der Waals surface area contributed by atoms with Crippen LogP contribution in [0.2, 0.25) is 0 Å². The highest BCUT2D eigenvalue weighted by atomic mass is 16.4. The van der Waals surface area contributed by atoms with Gasteiger partial charge >= 0.3 is 5.97 Å². The van der Waals surface area contributed by atoms with E-state index < -0.39 is 12.0 Å². The molecule has 88 valence electrons. The van der Waals surface area contributed by atoms with Gasteiger partial charge in [-0.1, -0.05) is 6.92 Å². The lowest BCUT2D eigenvalue weighted by Gasteiger charge is -2.10. The molecular formula is C10H15N3O3. The molecule has 0 spiro atoms. The maximum atomic E-state index is 10.6. The van der Waals surface area contributed by atoms with E-state index in [1.165, 1.54) is 0 Å². The summed E-state index contributed by atoms with van der Waals surface area (Å²) in [6, 6.07) is -0.513. The number of nitrogens with zero attached hydrogens (tertiary/aromatic N) is 2. The number of carboxylic acids is 1. The Balaban J connectivity index is 2.74. The lowest BCUT2D eigenvalue weighted by atomic mass is 10.1. The molecule has 1 aromatic rings. The summed E-state index contributed by atoms with van der Waals surface area (Å²) in [5.74, 6) is -0.956. The number of rotatable bonds is 7. The van der Waals surface area contributed by atoms with E-state index in [-0.39, 0.29) is 6.42 Å². The predicted octanol–water partition coefficient (Wildman–Crippen LogP) is 0.555. The first-order valence-electron chi connectivity index (χ1n) is 5.11. The molecule has 6 heteroatoms. The second kappa shape index (κ2) is 5.89. The molecule has 0 saturated carbocycles. The summed E-state index contributed by atoms with van der Waals surface area (Å²) in [6.45, 7) is 2.81. The van der Waals surface area contributed by atoms with Crippen molar-refractivity contribution >= 4 is 12.4 Å². The van der Waals surface area contributed by atoms with Crippen molar-refractivity contribution in [2.24, 2.45) is 0 Å². The SMILES string of the molecule is CCCn1cc(C(CC(=O)O)NC=O)cn1. The second-order valence-corrected chi connectivity index (χ2v) is 3.47. The highest BCUT2D eigenvalue weighted by molar-refractivity contribution is 5.68. The number of hydrogen-bond donors (Lipinski definition) is 2. The minimum Gasteiger partial charge on any atom is -0.481 e. The van der Waals surface area contributed by atoms with Gasteiger partial charge in [0.25, 0.3) is 0 Å². The van der Waals surface area contributed by atoms with Crippen molar-refractivity contribution in [1.82, 2.24) is 15.1 Å². The van der Waals surface area contributed by atoms with E-state index in [2.05, 4.69) is 10.4 Å². The molecule has 1 amide bonds. The van der Waals surface area contributed by atoms with Gasteiger partial charge in [-0.2, -0.15) is 5.10 Å².